The first kappa shape index (κ1) is 15.6. The van der Waals surface area contributed by atoms with Crippen LogP contribution in [0.1, 0.15) is 24.1 Å². The number of methoxy groups -OCH3 is 1. The highest BCUT2D eigenvalue weighted by atomic mass is 79.9. The summed E-state index contributed by atoms with van der Waals surface area (Å²) in [6.45, 7) is 1.96. The number of carbonyl (C=O) groups is 1. The van der Waals surface area contributed by atoms with E-state index < -0.39 is 0 Å². The summed E-state index contributed by atoms with van der Waals surface area (Å²) in [4.78, 5) is 12.1. The Hall–Kier alpha value is -1.81. The van der Waals surface area contributed by atoms with Gasteiger partial charge in [-0.1, -0.05) is 46.3 Å². The molecule has 0 saturated heterocycles. The lowest BCUT2D eigenvalue weighted by Gasteiger charge is -2.17. The number of amides is 1. The zero-order valence-electron chi connectivity index (χ0n) is 12.1. The molecule has 3 nitrogen and oxygen atoms in total. The molecular weight excluding hydrogens is 330 g/mol. The molecule has 0 aliphatic rings. The molecule has 2 aromatic rings. The van der Waals surface area contributed by atoms with Gasteiger partial charge in [0.25, 0.3) is 0 Å². The van der Waals surface area contributed by atoms with Crippen LogP contribution in [0.3, 0.4) is 0 Å². The molecule has 0 radical (unpaired) electrons. The Morgan fingerprint density at radius 2 is 2.00 bits per heavy atom. The zero-order chi connectivity index (χ0) is 15.2. The lowest BCUT2D eigenvalue weighted by Crippen LogP contribution is -2.28. The number of rotatable bonds is 5. The van der Waals surface area contributed by atoms with Crippen LogP contribution >= 0.6 is 15.9 Å². The Balaban J connectivity index is 2.02. The van der Waals surface area contributed by atoms with E-state index in [0.717, 1.165) is 21.3 Å². The van der Waals surface area contributed by atoms with Crippen LogP contribution in [-0.2, 0) is 11.2 Å². The maximum atomic E-state index is 12.1. The summed E-state index contributed by atoms with van der Waals surface area (Å²) in [7, 11) is 1.63. The van der Waals surface area contributed by atoms with E-state index in [1.807, 2.05) is 55.5 Å². The number of ether oxygens (including phenoxy) is 1. The van der Waals surface area contributed by atoms with Crippen LogP contribution in [-0.4, -0.2) is 13.0 Å². The van der Waals surface area contributed by atoms with Crippen molar-refractivity contribution in [1.82, 2.24) is 5.32 Å². The molecule has 1 amide bonds. The average molecular weight is 348 g/mol. The predicted octanol–water partition coefficient (Wildman–Crippen LogP) is 3.88. The van der Waals surface area contributed by atoms with Gasteiger partial charge in [0.15, 0.2) is 0 Å². The Morgan fingerprint density at radius 3 is 2.71 bits per heavy atom. The summed E-state index contributed by atoms with van der Waals surface area (Å²) in [6, 6.07) is 15.4. The van der Waals surface area contributed by atoms with Crippen molar-refractivity contribution in [2.75, 3.05) is 7.11 Å². The average Bonchev–Trinajstić information content (AvgIpc) is 2.47. The Kier molecular flexibility index (Phi) is 5.39. The van der Waals surface area contributed by atoms with Gasteiger partial charge in [0.1, 0.15) is 5.75 Å². The third-order valence-electron chi connectivity index (χ3n) is 3.24. The van der Waals surface area contributed by atoms with Gasteiger partial charge in [0.05, 0.1) is 19.6 Å². The van der Waals surface area contributed by atoms with Gasteiger partial charge >= 0.3 is 0 Å². The maximum absolute atomic E-state index is 12.1. The highest BCUT2D eigenvalue weighted by Gasteiger charge is 2.13. The van der Waals surface area contributed by atoms with E-state index in [9.17, 15) is 4.79 Å². The number of halogens is 1. The second kappa shape index (κ2) is 7.27. The van der Waals surface area contributed by atoms with Crippen molar-refractivity contribution in [1.29, 1.82) is 0 Å². The van der Waals surface area contributed by atoms with Crippen LogP contribution in [0.2, 0.25) is 0 Å². The summed E-state index contributed by atoms with van der Waals surface area (Å²) in [5.74, 6) is 0.777. The molecule has 0 unspecified atom stereocenters. The van der Waals surface area contributed by atoms with Crippen LogP contribution in [0.5, 0.6) is 5.75 Å². The van der Waals surface area contributed by atoms with Crippen LogP contribution in [0.15, 0.2) is 53.0 Å². The van der Waals surface area contributed by atoms with Crippen molar-refractivity contribution in [3.63, 3.8) is 0 Å². The fraction of sp³-hybridized carbons (Fsp3) is 0.235. The molecule has 0 aliphatic heterocycles. The molecule has 2 aromatic carbocycles. The standard InChI is InChI=1S/C17H18BrNO2/c1-12(15-8-3-4-9-16(15)21-2)19-17(20)11-13-6-5-7-14(18)10-13/h3-10,12H,11H2,1-2H3,(H,19,20)/t12-/m1/s1. The van der Waals surface area contributed by atoms with Gasteiger partial charge in [-0.15, -0.1) is 0 Å². The number of hydrogen-bond donors (Lipinski definition) is 1. The van der Waals surface area contributed by atoms with Crippen molar-refractivity contribution in [2.45, 2.75) is 19.4 Å². The molecule has 1 N–H and O–H groups in total. The molecule has 0 fully saturated rings. The van der Waals surface area contributed by atoms with E-state index in [1.54, 1.807) is 7.11 Å². The highest BCUT2D eigenvalue weighted by Crippen LogP contribution is 2.24. The molecule has 21 heavy (non-hydrogen) atoms. The van der Waals surface area contributed by atoms with Crippen LogP contribution in [0, 0.1) is 0 Å². The minimum absolute atomic E-state index is 0.00786. The minimum atomic E-state index is -0.0965. The Bertz CT molecular complexity index is 628. The quantitative estimate of drug-likeness (QED) is 0.891. The van der Waals surface area contributed by atoms with E-state index in [-0.39, 0.29) is 11.9 Å². The van der Waals surface area contributed by atoms with E-state index >= 15 is 0 Å². The van der Waals surface area contributed by atoms with Gasteiger partial charge < -0.3 is 10.1 Å². The van der Waals surface area contributed by atoms with Gasteiger partial charge in [-0.3, -0.25) is 4.79 Å². The topological polar surface area (TPSA) is 38.3 Å². The monoisotopic (exact) mass is 347 g/mol. The first-order valence-corrected chi connectivity index (χ1v) is 7.56. The molecule has 4 heteroatoms. The molecule has 0 aliphatic carbocycles. The number of carbonyl (C=O) groups excluding carboxylic acids is 1. The summed E-state index contributed by atoms with van der Waals surface area (Å²) in [6.07, 6.45) is 0.360. The molecule has 0 bridgehead atoms. The van der Waals surface area contributed by atoms with E-state index in [0.29, 0.717) is 6.42 Å². The third-order valence-corrected chi connectivity index (χ3v) is 3.73. The van der Waals surface area contributed by atoms with Crippen molar-refractivity contribution in [3.8, 4) is 5.75 Å². The molecule has 110 valence electrons. The normalized spacial score (nSPS) is 11.8. The molecule has 0 saturated carbocycles. The molecule has 0 heterocycles. The van der Waals surface area contributed by atoms with Gasteiger partial charge in [0, 0.05) is 10.0 Å². The van der Waals surface area contributed by atoms with Crippen LogP contribution in [0.25, 0.3) is 0 Å². The minimum Gasteiger partial charge on any atom is -0.496 e. The predicted molar refractivity (Wildman–Crippen MR) is 87.4 cm³/mol. The largest absolute Gasteiger partial charge is 0.496 e. The Morgan fingerprint density at radius 1 is 1.24 bits per heavy atom. The van der Waals surface area contributed by atoms with Gasteiger partial charge in [-0.25, -0.2) is 0 Å². The number of hydrogen-bond acceptors (Lipinski definition) is 2. The molecule has 2 rings (SSSR count). The first-order chi connectivity index (χ1) is 10.1. The Labute approximate surface area is 133 Å². The SMILES string of the molecule is COc1ccccc1[C@@H](C)NC(=O)Cc1cccc(Br)c1. The van der Waals surface area contributed by atoms with Gasteiger partial charge in [0.2, 0.25) is 5.91 Å². The van der Waals surface area contributed by atoms with Crippen LogP contribution < -0.4 is 10.1 Å². The molecular formula is C17H18BrNO2. The molecule has 0 spiro atoms. The summed E-state index contributed by atoms with van der Waals surface area (Å²) >= 11 is 3.41. The van der Waals surface area contributed by atoms with Crippen LogP contribution in [0.4, 0.5) is 0 Å². The van der Waals surface area contributed by atoms with E-state index in [1.165, 1.54) is 0 Å². The lowest BCUT2D eigenvalue weighted by atomic mass is 10.1. The second-order valence-corrected chi connectivity index (χ2v) is 5.75. The number of benzene rings is 2. The summed E-state index contributed by atoms with van der Waals surface area (Å²) in [5, 5.41) is 3.00. The zero-order valence-corrected chi connectivity index (χ0v) is 13.7. The number of para-hydroxylation sites is 1. The van der Waals surface area contributed by atoms with Crippen molar-refractivity contribution < 1.29 is 9.53 Å². The van der Waals surface area contributed by atoms with Gasteiger partial charge in [-0.05, 0) is 30.7 Å². The second-order valence-electron chi connectivity index (χ2n) is 4.84. The summed E-state index contributed by atoms with van der Waals surface area (Å²) in [5.41, 5.74) is 1.96. The van der Waals surface area contributed by atoms with Crippen molar-refractivity contribution >= 4 is 21.8 Å². The molecule has 1 atom stereocenters. The summed E-state index contributed by atoms with van der Waals surface area (Å²) < 4.78 is 6.30. The fourth-order valence-corrected chi connectivity index (χ4v) is 2.67. The third kappa shape index (κ3) is 4.33. The fourth-order valence-electron chi connectivity index (χ4n) is 2.23. The van der Waals surface area contributed by atoms with E-state index in [4.69, 9.17) is 4.74 Å². The van der Waals surface area contributed by atoms with Crippen molar-refractivity contribution in [2.24, 2.45) is 0 Å². The van der Waals surface area contributed by atoms with Crippen molar-refractivity contribution in [3.05, 3.63) is 64.1 Å². The smallest absolute Gasteiger partial charge is 0.224 e. The maximum Gasteiger partial charge on any atom is 0.224 e. The highest BCUT2D eigenvalue weighted by molar-refractivity contribution is 9.10. The van der Waals surface area contributed by atoms with E-state index in [2.05, 4.69) is 21.2 Å². The lowest BCUT2D eigenvalue weighted by molar-refractivity contribution is -0.121. The number of nitrogens with one attached hydrogen (secondary N) is 1. The molecule has 0 aromatic heterocycles. The first-order valence-electron chi connectivity index (χ1n) is 6.77. The van der Waals surface area contributed by atoms with Gasteiger partial charge in [-0.2, -0.15) is 0 Å².